The molecule has 9 aromatic rings. The molecule has 718 valence electrons. The van der Waals surface area contributed by atoms with Gasteiger partial charge in [-0.05, 0) is 128 Å². The van der Waals surface area contributed by atoms with E-state index in [-0.39, 0.29) is 158 Å². The summed E-state index contributed by atoms with van der Waals surface area (Å²) in [4.78, 5) is 256. The van der Waals surface area contributed by atoms with Crippen molar-refractivity contribution in [1.82, 2.24) is 56.2 Å². The number of nitrogen functional groups attached to an aromatic ring is 1. The van der Waals surface area contributed by atoms with Crippen LogP contribution in [0.25, 0.3) is 43.7 Å². The highest BCUT2D eigenvalue weighted by Gasteiger charge is 2.40. The van der Waals surface area contributed by atoms with Gasteiger partial charge in [0.1, 0.15) is 35.1 Å². The average Bonchev–Trinajstić information content (AvgIpc) is 1.58. The Morgan fingerprint density at radius 1 is 0.684 bits per heavy atom. The van der Waals surface area contributed by atoms with Gasteiger partial charge in [0.15, 0.2) is 28.7 Å². The van der Waals surface area contributed by atoms with E-state index in [0.29, 0.717) is 68.9 Å². The van der Waals surface area contributed by atoms with E-state index < -0.39 is 145 Å². The number of alkyl halides is 1. The lowest BCUT2D eigenvalue weighted by molar-refractivity contribution is -0.144. The molecule has 8 atom stereocenters. The number of Topliss-reactive ketones (excluding diaryl/α,β-unsaturated/α-hetero) is 4. The number of hydrogen-bond acceptors (Lipinski definition) is 27. The quantitative estimate of drug-likeness (QED) is 0.00214. The van der Waals surface area contributed by atoms with Gasteiger partial charge < -0.3 is 83.8 Å². The average molecular weight is 1910 g/mol. The molecule has 2 unspecified atom stereocenters. The smallest absolute Gasteiger partial charge is 0.327 e. The van der Waals surface area contributed by atoms with Gasteiger partial charge >= 0.3 is 29.8 Å². The summed E-state index contributed by atoms with van der Waals surface area (Å²) in [7, 11) is 0. The Hall–Kier alpha value is -15.2. The number of aromatic amines is 3. The largest absolute Gasteiger partial charge is 0.481 e. The number of carboxylic acid groups (broad SMARTS) is 4. The molecule has 1 saturated heterocycles. The summed E-state index contributed by atoms with van der Waals surface area (Å²) in [6, 6.07) is 25.0. The Balaban J connectivity index is 0.000000282. The van der Waals surface area contributed by atoms with Crippen LogP contribution in [-0.4, -0.2) is 223 Å². The van der Waals surface area contributed by atoms with Gasteiger partial charge in [-0.1, -0.05) is 51.1 Å². The molecule has 44 heteroatoms. The second-order valence-corrected chi connectivity index (χ2v) is 34.5. The number of hydrogen-bond donors (Lipinski definition) is 16. The van der Waals surface area contributed by atoms with Crippen molar-refractivity contribution in [3.8, 4) is 5.75 Å². The third kappa shape index (κ3) is 28.2. The van der Waals surface area contributed by atoms with Crippen LogP contribution in [-0.2, 0) is 80.1 Å². The highest BCUT2D eigenvalue weighted by molar-refractivity contribution is 7.98. The van der Waals surface area contributed by atoms with Gasteiger partial charge in [0.05, 0.1) is 60.5 Å². The number of nitrogens with zero attached hydrogens (tertiary/aromatic N) is 7. The van der Waals surface area contributed by atoms with E-state index in [1.54, 1.807) is 61.4 Å². The van der Waals surface area contributed by atoms with Crippen molar-refractivity contribution in [3.05, 3.63) is 153 Å². The number of nitrogens with one attached hydrogen (secondary N) is 9. The van der Waals surface area contributed by atoms with Crippen LogP contribution in [0.2, 0.25) is 0 Å². The van der Waals surface area contributed by atoms with Crippen molar-refractivity contribution < 1.29 is 107 Å². The molecule has 8 amide bonds. The van der Waals surface area contributed by atoms with Crippen LogP contribution < -0.4 is 64.4 Å². The first-order valence-corrected chi connectivity index (χ1v) is 45.2. The Bertz CT molecular complexity index is 6270. The minimum atomic E-state index is -1.60. The SMILES string of the molecule is CC(=O)Oc1cc2c(c3ccccc13)C(CCl)CN2C(=O)c1cc2cc(CC(=O)c3cc4cc(NC(=O)[C@@H](CC(=O)CC/C(C)=N\NC(=O)CCN5C(=O)CC(C)C5=O)C(C)C)ccc4[nH]3)ccc2[nH]1.CSC[C@H](NC(=O)[C@H](CC(=O)O)CC(=O)[C@H](CCCN=C(N)N)NC(=O)[C@H](CC(=O)O)CC(=O)CC[C@H](NC(=O)c1ccc(NCc2cnc3nc(N)[nH]c(=O)c3n2)cc1)C(=O)O)C(=O)O. The summed E-state index contributed by atoms with van der Waals surface area (Å²) in [6.45, 7) is 8.85. The summed E-state index contributed by atoms with van der Waals surface area (Å²) < 4.78 is 5.59. The molecular weight excluding hydrogens is 1810 g/mol. The zero-order chi connectivity index (χ0) is 99.1. The fourth-order valence-electron chi connectivity index (χ4n) is 15.5. The second kappa shape index (κ2) is 47.5. The van der Waals surface area contributed by atoms with Crippen molar-refractivity contribution in [2.24, 2.45) is 51.2 Å². The zero-order valence-electron chi connectivity index (χ0n) is 74.9. The van der Waals surface area contributed by atoms with E-state index in [4.69, 9.17) is 33.5 Å². The normalized spacial score (nSPS) is 14.8. The van der Waals surface area contributed by atoms with Crippen LogP contribution in [0.15, 0.2) is 124 Å². The number of amides is 8. The van der Waals surface area contributed by atoms with Gasteiger partial charge in [-0.15, -0.1) is 11.6 Å². The number of H-pyrrole nitrogens is 3. The Labute approximate surface area is 785 Å². The minimum absolute atomic E-state index is 0.00996. The number of carbonyl (C=O) groups excluding carboxylic acids is 13. The number of carbonyl (C=O) groups is 17. The van der Waals surface area contributed by atoms with Crippen LogP contribution in [0.5, 0.6) is 5.75 Å². The number of aliphatic carboxylic acids is 4. The van der Waals surface area contributed by atoms with Crippen LogP contribution in [0.4, 0.5) is 23.0 Å². The van der Waals surface area contributed by atoms with E-state index in [2.05, 4.69) is 72.0 Å². The topological polar surface area (TPSA) is 665 Å². The number of aromatic nitrogens is 6. The molecule has 1 fully saturated rings. The number of hydrazone groups is 1. The van der Waals surface area contributed by atoms with Crippen LogP contribution in [0.3, 0.4) is 0 Å². The number of guanidine groups is 1. The molecule has 11 rings (SSSR count). The number of carboxylic acids is 4. The standard InChI is InChI=1S/C53H54ClN7O9.C39H50N12O14S/c1-28(2)40(24-37(63)13-10-30(4)58-59-48(65)16-17-60-49(66)18-29(3)52(60)68)51(67)55-36-12-15-42-34(21-36)22-43(56-42)46(64)20-32-11-14-41-33(19-32)23-44(57-41)53(69)61-27-35(26-54)50-39-9-7-6-8-38(39)47(25-45(50)61)70-31(5)62;1-66-17-26(37(64)65)49-34(60)20(14-29(56)57)12-27(53)24(3-2-10-43-38(40)41)47-33(59)19(13-28(54)55)11-23(52)8-9-25(36(62)63)48-32(58)18-4-6-21(7-5-18)44-15-22-16-45-31-30(46-22)35(61)51-39(42)50-31/h6-9,11-12,14-15,19,21-23,25,28-29,35,40,56-57H,10,13,16-18,20,24,26-27H2,1-5H3,(H,55,67)(H,59,65);4-7,16,19-20,24-26,44H,2-3,8-15,17H2,1H3,(H,47,59)(H,48,58)(H,49,60)(H,54,55)(H,56,57)(H,62,63)(H,64,65)(H4,40,41,43)(H3,42,45,50,51,61)/b58-30-;/t29?,35?,40-;19-,20-,24-,25-,26-/m00/s1. The van der Waals surface area contributed by atoms with Gasteiger partial charge in [-0.25, -0.2) is 25.0 Å². The van der Waals surface area contributed by atoms with E-state index >= 15 is 0 Å². The number of rotatable bonds is 47. The number of fused-ring (bicyclic) bond motifs is 6. The molecule has 0 aliphatic carbocycles. The maximum Gasteiger partial charge on any atom is 0.327 e. The summed E-state index contributed by atoms with van der Waals surface area (Å²) >= 11 is 7.55. The van der Waals surface area contributed by atoms with Crippen molar-refractivity contribution in [3.63, 3.8) is 0 Å². The molecule has 19 N–H and O–H groups in total. The number of halogens is 1. The molecular formula is C92H104ClN19O23S. The number of aliphatic imine (C=N–C) groups is 1. The highest BCUT2D eigenvalue weighted by Crippen LogP contribution is 2.46. The van der Waals surface area contributed by atoms with Gasteiger partial charge in [0.2, 0.25) is 41.4 Å². The van der Waals surface area contributed by atoms with Gasteiger partial charge in [-0.3, -0.25) is 91.6 Å². The number of anilines is 4. The van der Waals surface area contributed by atoms with Crippen molar-refractivity contribution in [1.29, 1.82) is 0 Å². The Morgan fingerprint density at radius 2 is 1.32 bits per heavy atom. The van der Waals surface area contributed by atoms with Crippen LogP contribution in [0, 0.1) is 29.6 Å². The molecule has 42 nitrogen and oxygen atoms in total. The molecule has 136 heavy (non-hydrogen) atoms. The predicted octanol–water partition coefficient (Wildman–Crippen LogP) is 6.80. The first kappa shape index (κ1) is 103. The molecule has 4 aromatic heterocycles. The lowest BCUT2D eigenvalue weighted by atomic mass is 9.88. The fraction of sp³-hybridized carbons (Fsp3) is 0.380. The maximum atomic E-state index is 14.2. The van der Waals surface area contributed by atoms with Crippen LogP contribution in [0.1, 0.15) is 172 Å². The lowest BCUT2D eigenvalue weighted by Gasteiger charge is -2.24. The van der Waals surface area contributed by atoms with Gasteiger partial charge in [0.25, 0.3) is 17.4 Å². The van der Waals surface area contributed by atoms with Gasteiger partial charge in [0, 0.05) is 163 Å². The number of thioether (sulfide) groups is 1. The Kier molecular flexibility index (Phi) is 35.9. The third-order valence-corrected chi connectivity index (χ3v) is 23.6. The monoisotopic (exact) mass is 1910 g/mol. The van der Waals surface area contributed by atoms with Crippen LogP contribution >= 0.6 is 23.4 Å². The van der Waals surface area contributed by atoms with Gasteiger partial charge in [-0.2, -0.15) is 21.8 Å². The van der Waals surface area contributed by atoms with Crippen molar-refractivity contribution in [2.45, 2.75) is 155 Å². The summed E-state index contributed by atoms with van der Waals surface area (Å²) in [5.41, 5.74) is 24.6. The van der Waals surface area contributed by atoms with E-state index in [0.717, 1.165) is 49.5 Å². The molecule has 2 aliphatic rings. The van der Waals surface area contributed by atoms with E-state index in [9.17, 15) is 107 Å². The van der Waals surface area contributed by atoms with E-state index in [1.165, 1.54) is 37.4 Å². The zero-order valence-corrected chi connectivity index (χ0v) is 76.5. The number of benzene rings is 5. The second-order valence-electron chi connectivity index (χ2n) is 33.3. The molecule has 2 aliphatic heterocycles. The summed E-state index contributed by atoms with van der Waals surface area (Å²) in [5.74, 6) is -17.1. The third-order valence-electron chi connectivity index (χ3n) is 22.6. The molecule has 0 spiro atoms. The number of ether oxygens (including phenoxy) is 1. The molecule has 6 heterocycles. The van der Waals surface area contributed by atoms with Crippen molar-refractivity contribution >= 4 is 202 Å². The molecule has 5 aromatic carbocycles. The summed E-state index contributed by atoms with van der Waals surface area (Å²) in [5, 5.41) is 58.4. The molecule has 0 bridgehead atoms. The fourth-order valence-corrected chi connectivity index (χ4v) is 16.3. The first-order chi connectivity index (χ1) is 64.6. The van der Waals surface area contributed by atoms with Crippen molar-refractivity contribution in [2.75, 3.05) is 58.8 Å². The summed E-state index contributed by atoms with van der Waals surface area (Å²) in [6.07, 6.45) is -0.953. The van der Waals surface area contributed by atoms with E-state index in [1.807, 2.05) is 56.3 Å². The molecule has 0 saturated carbocycles. The number of imide groups is 1. The number of nitrogens with two attached hydrogens (primary N) is 3. The first-order valence-electron chi connectivity index (χ1n) is 43.3. The minimum Gasteiger partial charge on any atom is -0.481 e. The lowest BCUT2D eigenvalue weighted by Crippen LogP contribution is -2.48. The number of esters is 1. The Morgan fingerprint density at radius 3 is 1.96 bits per heavy atom. The number of likely N-dealkylation sites (tertiary alicyclic amines) is 1. The maximum absolute atomic E-state index is 14.2. The highest BCUT2D eigenvalue weighted by atomic mass is 35.5. The molecule has 0 radical (unpaired) electrons. The number of ketones is 4. The predicted molar refractivity (Wildman–Crippen MR) is 502 cm³/mol.